The Morgan fingerprint density at radius 1 is 1.04 bits per heavy atom. The van der Waals surface area contributed by atoms with Crippen LogP contribution < -0.4 is 5.32 Å². The summed E-state index contributed by atoms with van der Waals surface area (Å²) >= 11 is 6.16. The molecule has 3 rings (SSSR count). The number of hydrogen-bond acceptors (Lipinski definition) is 3. The monoisotopic (exact) mass is 332 g/mol. The Balaban J connectivity index is 1.82. The van der Waals surface area contributed by atoms with E-state index in [2.05, 4.69) is 5.32 Å². The van der Waals surface area contributed by atoms with Crippen molar-refractivity contribution in [2.75, 3.05) is 5.32 Å². The lowest BCUT2D eigenvalue weighted by Gasteiger charge is -2.29. The maximum absolute atomic E-state index is 12.7. The van der Waals surface area contributed by atoms with Crippen LogP contribution in [0, 0.1) is 13.8 Å². The second kappa shape index (κ2) is 6.36. The van der Waals surface area contributed by atoms with Crippen LogP contribution in [0.3, 0.4) is 0 Å². The molecule has 5 heteroatoms. The lowest BCUT2D eigenvalue weighted by Crippen LogP contribution is -2.42. The number of nitrogens with one attached hydrogen (secondary N) is 1. The SMILES string of the molecule is Cc1ccc(NC2=C(Cl)C(=O)N(C3CCCCC3)C2=O)cc1C. The second-order valence-corrected chi connectivity index (χ2v) is 6.76. The first kappa shape index (κ1) is 16.1. The van der Waals surface area contributed by atoms with Gasteiger partial charge in [-0.25, -0.2) is 0 Å². The number of imide groups is 1. The standard InChI is InChI=1S/C18H21ClN2O2/c1-11-8-9-13(10-12(11)2)20-16-15(19)17(22)21(18(16)23)14-6-4-3-5-7-14/h8-10,14,20H,3-7H2,1-2H3. The number of benzene rings is 1. The summed E-state index contributed by atoms with van der Waals surface area (Å²) in [5, 5.41) is 3.04. The third kappa shape index (κ3) is 3.00. The van der Waals surface area contributed by atoms with E-state index >= 15 is 0 Å². The highest BCUT2D eigenvalue weighted by atomic mass is 35.5. The molecular weight excluding hydrogens is 312 g/mol. The summed E-state index contributed by atoms with van der Waals surface area (Å²) in [5.74, 6) is -0.667. The molecule has 1 aliphatic carbocycles. The number of halogens is 1. The molecule has 0 spiro atoms. The minimum atomic E-state index is -0.366. The van der Waals surface area contributed by atoms with Crippen LogP contribution in [0.2, 0.25) is 0 Å². The van der Waals surface area contributed by atoms with E-state index in [1.807, 2.05) is 32.0 Å². The summed E-state index contributed by atoms with van der Waals surface area (Å²) in [6.45, 7) is 4.03. The van der Waals surface area contributed by atoms with Crippen LogP contribution in [-0.4, -0.2) is 22.8 Å². The Hall–Kier alpha value is -1.81. The van der Waals surface area contributed by atoms with Gasteiger partial charge in [-0.2, -0.15) is 0 Å². The van der Waals surface area contributed by atoms with E-state index in [4.69, 9.17) is 11.6 Å². The molecule has 1 aliphatic heterocycles. The number of nitrogens with zero attached hydrogens (tertiary/aromatic N) is 1. The van der Waals surface area contributed by atoms with Gasteiger partial charge in [0, 0.05) is 11.7 Å². The van der Waals surface area contributed by atoms with Crippen molar-refractivity contribution in [1.82, 2.24) is 4.90 Å². The normalized spacial score (nSPS) is 19.7. The van der Waals surface area contributed by atoms with Gasteiger partial charge in [-0.05, 0) is 49.9 Å². The highest BCUT2D eigenvalue weighted by molar-refractivity contribution is 6.48. The molecule has 1 fully saturated rings. The molecule has 0 unspecified atom stereocenters. The zero-order valence-electron chi connectivity index (χ0n) is 13.5. The molecule has 0 bridgehead atoms. The van der Waals surface area contributed by atoms with Gasteiger partial charge in [0.15, 0.2) is 0 Å². The van der Waals surface area contributed by atoms with Crippen molar-refractivity contribution in [3.05, 3.63) is 40.1 Å². The molecule has 1 heterocycles. The Morgan fingerprint density at radius 2 is 1.74 bits per heavy atom. The highest BCUT2D eigenvalue weighted by Gasteiger charge is 2.42. The highest BCUT2D eigenvalue weighted by Crippen LogP contribution is 2.32. The summed E-state index contributed by atoms with van der Waals surface area (Å²) in [4.78, 5) is 26.4. The molecule has 0 radical (unpaired) electrons. The Morgan fingerprint density at radius 3 is 2.39 bits per heavy atom. The maximum atomic E-state index is 12.7. The molecule has 0 aromatic heterocycles. The van der Waals surface area contributed by atoms with Crippen LogP contribution in [0.5, 0.6) is 0 Å². The Labute approximate surface area is 141 Å². The van der Waals surface area contributed by atoms with Gasteiger partial charge in [-0.1, -0.05) is 36.9 Å². The largest absolute Gasteiger partial charge is 0.350 e. The van der Waals surface area contributed by atoms with Crippen LogP contribution in [0.25, 0.3) is 0 Å². The Kier molecular flexibility index (Phi) is 4.44. The number of carbonyl (C=O) groups excluding carboxylic acids is 2. The summed E-state index contributed by atoms with van der Waals surface area (Å²) in [5.41, 5.74) is 3.26. The fourth-order valence-electron chi connectivity index (χ4n) is 3.26. The Bertz CT molecular complexity index is 690. The number of amides is 2. The van der Waals surface area contributed by atoms with Crippen molar-refractivity contribution in [3.63, 3.8) is 0 Å². The number of rotatable bonds is 3. The van der Waals surface area contributed by atoms with E-state index in [-0.39, 0.29) is 28.6 Å². The van der Waals surface area contributed by atoms with Gasteiger partial charge in [0.1, 0.15) is 10.7 Å². The lowest BCUT2D eigenvalue weighted by molar-refractivity contribution is -0.140. The average Bonchev–Trinajstić information content (AvgIpc) is 2.75. The first-order valence-electron chi connectivity index (χ1n) is 8.11. The third-order valence-electron chi connectivity index (χ3n) is 4.77. The summed E-state index contributed by atoms with van der Waals surface area (Å²) in [7, 11) is 0. The van der Waals surface area contributed by atoms with Gasteiger partial charge in [-0.15, -0.1) is 0 Å². The van der Waals surface area contributed by atoms with E-state index in [0.717, 1.165) is 36.9 Å². The first-order valence-corrected chi connectivity index (χ1v) is 8.49. The number of hydrogen-bond donors (Lipinski definition) is 1. The quantitative estimate of drug-likeness (QED) is 0.855. The summed E-state index contributed by atoms with van der Waals surface area (Å²) < 4.78 is 0. The van der Waals surface area contributed by atoms with E-state index in [9.17, 15) is 9.59 Å². The topological polar surface area (TPSA) is 49.4 Å². The summed E-state index contributed by atoms with van der Waals surface area (Å²) in [6, 6.07) is 5.80. The van der Waals surface area contributed by atoms with Crippen molar-refractivity contribution in [3.8, 4) is 0 Å². The van der Waals surface area contributed by atoms with Crippen LogP contribution >= 0.6 is 11.6 Å². The minimum Gasteiger partial charge on any atom is -0.350 e. The van der Waals surface area contributed by atoms with Crippen LogP contribution in [0.1, 0.15) is 43.2 Å². The third-order valence-corrected chi connectivity index (χ3v) is 5.13. The van der Waals surface area contributed by atoms with Crippen molar-refractivity contribution in [2.45, 2.75) is 52.0 Å². The van der Waals surface area contributed by atoms with Crippen molar-refractivity contribution in [1.29, 1.82) is 0 Å². The zero-order chi connectivity index (χ0) is 16.6. The van der Waals surface area contributed by atoms with E-state index in [0.29, 0.717) is 0 Å². The fourth-order valence-corrected chi connectivity index (χ4v) is 3.48. The zero-order valence-corrected chi connectivity index (χ0v) is 14.2. The predicted octanol–water partition coefficient (Wildman–Crippen LogP) is 3.87. The molecule has 122 valence electrons. The second-order valence-electron chi connectivity index (χ2n) is 6.39. The maximum Gasteiger partial charge on any atom is 0.279 e. The molecular formula is C18H21ClN2O2. The van der Waals surface area contributed by atoms with Crippen molar-refractivity contribution in [2.24, 2.45) is 0 Å². The molecule has 4 nitrogen and oxygen atoms in total. The predicted molar refractivity (Wildman–Crippen MR) is 91.1 cm³/mol. The smallest absolute Gasteiger partial charge is 0.279 e. The van der Waals surface area contributed by atoms with Gasteiger partial charge in [-0.3, -0.25) is 14.5 Å². The number of aryl methyl sites for hydroxylation is 2. The van der Waals surface area contributed by atoms with Crippen LogP contribution in [0.15, 0.2) is 28.9 Å². The molecule has 0 atom stereocenters. The minimum absolute atomic E-state index is 0.00111. The first-order chi connectivity index (χ1) is 11.0. The lowest BCUT2D eigenvalue weighted by atomic mass is 9.94. The molecule has 1 aromatic rings. The van der Waals surface area contributed by atoms with Gasteiger partial charge < -0.3 is 5.32 Å². The van der Waals surface area contributed by atoms with Crippen LogP contribution in [-0.2, 0) is 9.59 Å². The van der Waals surface area contributed by atoms with Crippen molar-refractivity contribution < 1.29 is 9.59 Å². The molecule has 1 N–H and O–H groups in total. The number of anilines is 1. The molecule has 2 amide bonds. The van der Waals surface area contributed by atoms with Gasteiger partial charge >= 0.3 is 0 Å². The van der Waals surface area contributed by atoms with Crippen molar-refractivity contribution >= 4 is 29.1 Å². The van der Waals surface area contributed by atoms with Gasteiger partial charge in [0.2, 0.25) is 0 Å². The molecule has 1 saturated carbocycles. The van der Waals surface area contributed by atoms with E-state index in [1.165, 1.54) is 16.9 Å². The van der Waals surface area contributed by atoms with Crippen LogP contribution in [0.4, 0.5) is 5.69 Å². The number of carbonyl (C=O) groups is 2. The molecule has 1 aromatic carbocycles. The van der Waals surface area contributed by atoms with E-state index in [1.54, 1.807) is 0 Å². The van der Waals surface area contributed by atoms with E-state index < -0.39 is 0 Å². The molecule has 23 heavy (non-hydrogen) atoms. The molecule has 0 saturated heterocycles. The van der Waals surface area contributed by atoms with Gasteiger partial charge in [0.25, 0.3) is 11.8 Å². The summed E-state index contributed by atoms with van der Waals surface area (Å²) in [6.07, 6.45) is 5.03. The average molecular weight is 333 g/mol. The molecule has 2 aliphatic rings. The fraction of sp³-hybridized carbons (Fsp3) is 0.444. The van der Waals surface area contributed by atoms with Gasteiger partial charge in [0.05, 0.1) is 0 Å².